The van der Waals surface area contributed by atoms with Crippen LogP contribution in [0.15, 0.2) is 78.0 Å². The van der Waals surface area contributed by atoms with Crippen LogP contribution in [0.1, 0.15) is 12.5 Å². The highest BCUT2D eigenvalue weighted by Gasteiger charge is 2.19. The molecule has 8 nitrogen and oxygen atoms in total. The number of imidazole rings is 1. The first-order valence-corrected chi connectivity index (χ1v) is 11.4. The van der Waals surface area contributed by atoms with Gasteiger partial charge in [0.05, 0.1) is 40.9 Å². The average molecular weight is 463 g/mol. The molecule has 0 spiro atoms. The molecule has 0 aliphatic rings. The highest BCUT2D eigenvalue weighted by atomic mass is 32.2. The summed E-state index contributed by atoms with van der Waals surface area (Å²) in [6.45, 7) is 2.81. The zero-order chi connectivity index (χ0) is 23.2. The van der Waals surface area contributed by atoms with Crippen LogP contribution in [-0.4, -0.2) is 32.7 Å². The third-order valence-electron chi connectivity index (χ3n) is 4.89. The Morgan fingerprint density at radius 3 is 2.64 bits per heavy atom. The summed E-state index contributed by atoms with van der Waals surface area (Å²) in [5, 5.41) is 14.8. The molecule has 33 heavy (non-hydrogen) atoms. The van der Waals surface area contributed by atoms with Gasteiger partial charge < -0.3 is 14.6 Å². The number of amides is 1. The maximum Gasteiger partial charge on any atom is 0.296 e. The number of nitrogens with one attached hydrogen (secondary N) is 1. The Balaban J connectivity index is 1.51. The summed E-state index contributed by atoms with van der Waals surface area (Å²) in [5.74, 6) is 0.0828. The van der Waals surface area contributed by atoms with E-state index in [2.05, 4.69) is 14.9 Å². The number of fused-ring (bicyclic) bond motifs is 1. The molecule has 168 valence electrons. The summed E-state index contributed by atoms with van der Waals surface area (Å²) in [5.41, 5.74) is 2.87. The molecule has 0 fully saturated rings. The number of nitro benzene ring substituents is 1. The van der Waals surface area contributed by atoms with Crippen molar-refractivity contribution in [3.8, 4) is 5.75 Å². The van der Waals surface area contributed by atoms with Crippen molar-refractivity contribution in [1.82, 2.24) is 9.55 Å². The molecule has 0 aliphatic carbocycles. The van der Waals surface area contributed by atoms with Crippen LogP contribution >= 0.6 is 11.8 Å². The lowest BCUT2D eigenvalue weighted by Crippen LogP contribution is -2.16. The molecule has 1 N–H and O–H groups in total. The van der Waals surface area contributed by atoms with E-state index in [9.17, 15) is 14.9 Å². The van der Waals surface area contributed by atoms with Gasteiger partial charge in [0.25, 0.3) is 5.69 Å². The number of hydrogen-bond donors (Lipinski definition) is 1. The number of anilines is 1. The maximum absolute atomic E-state index is 12.6. The highest BCUT2D eigenvalue weighted by Crippen LogP contribution is 2.30. The van der Waals surface area contributed by atoms with Crippen molar-refractivity contribution in [1.29, 1.82) is 0 Å². The van der Waals surface area contributed by atoms with Gasteiger partial charge in [-0.25, -0.2) is 4.98 Å². The smallest absolute Gasteiger partial charge is 0.296 e. The van der Waals surface area contributed by atoms with Gasteiger partial charge in [-0.3, -0.25) is 14.9 Å². The van der Waals surface area contributed by atoms with Gasteiger partial charge in [-0.05, 0) is 36.8 Å². The zero-order valence-corrected chi connectivity index (χ0v) is 18.7. The lowest BCUT2D eigenvalue weighted by Gasteiger charge is -2.10. The lowest BCUT2D eigenvalue weighted by atomic mass is 10.2. The quantitative estimate of drug-likeness (QED) is 0.210. The van der Waals surface area contributed by atoms with E-state index in [0.717, 1.165) is 16.6 Å². The summed E-state index contributed by atoms with van der Waals surface area (Å²) in [7, 11) is 0. The number of carbonyl (C=O) groups is 1. The van der Waals surface area contributed by atoms with Crippen LogP contribution in [0, 0.1) is 10.1 Å². The van der Waals surface area contributed by atoms with Crippen LogP contribution < -0.4 is 10.1 Å². The van der Waals surface area contributed by atoms with Crippen molar-refractivity contribution in [2.45, 2.75) is 18.6 Å². The minimum Gasteiger partial charge on any atom is -0.494 e. The molecule has 0 unspecified atom stereocenters. The number of aromatic nitrogens is 2. The van der Waals surface area contributed by atoms with Gasteiger partial charge in [0.2, 0.25) is 5.91 Å². The van der Waals surface area contributed by atoms with Crippen molar-refractivity contribution in [2.75, 3.05) is 17.7 Å². The molecule has 0 aliphatic heterocycles. The van der Waals surface area contributed by atoms with Crippen LogP contribution in [0.3, 0.4) is 0 Å². The predicted octanol–water partition coefficient (Wildman–Crippen LogP) is 5.12. The van der Waals surface area contributed by atoms with E-state index >= 15 is 0 Å². The Kier molecular flexibility index (Phi) is 6.89. The van der Waals surface area contributed by atoms with Crippen LogP contribution in [0.2, 0.25) is 0 Å². The Bertz CT molecular complexity index is 1290. The van der Waals surface area contributed by atoms with Gasteiger partial charge in [0, 0.05) is 0 Å². The number of hydrogen-bond acceptors (Lipinski definition) is 6. The molecule has 0 bridgehead atoms. The van der Waals surface area contributed by atoms with E-state index in [1.165, 1.54) is 23.9 Å². The van der Waals surface area contributed by atoms with Gasteiger partial charge in [-0.1, -0.05) is 54.2 Å². The highest BCUT2D eigenvalue weighted by molar-refractivity contribution is 7.99. The van der Waals surface area contributed by atoms with E-state index in [1.807, 2.05) is 54.6 Å². The first kappa shape index (κ1) is 22.3. The van der Waals surface area contributed by atoms with Crippen LogP contribution in [0.25, 0.3) is 11.0 Å². The van der Waals surface area contributed by atoms with E-state index in [-0.39, 0.29) is 23.0 Å². The molecule has 0 atom stereocenters. The van der Waals surface area contributed by atoms with Crippen LogP contribution in [0.5, 0.6) is 5.75 Å². The molecule has 4 aromatic rings. The minimum atomic E-state index is -0.537. The monoisotopic (exact) mass is 462 g/mol. The number of ether oxygens (including phenoxy) is 1. The van der Waals surface area contributed by atoms with Gasteiger partial charge in [-0.2, -0.15) is 0 Å². The average Bonchev–Trinajstić information content (AvgIpc) is 3.17. The molecule has 0 radical (unpaired) electrons. The fourth-order valence-electron chi connectivity index (χ4n) is 3.42. The van der Waals surface area contributed by atoms with Crippen molar-refractivity contribution >= 4 is 40.1 Å². The maximum atomic E-state index is 12.6. The van der Waals surface area contributed by atoms with Gasteiger partial charge in [0.15, 0.2) is 5.16 Å². The summed E-state index contributed by atoms with van der Waals surface area (Å²) in [4.78, 5) is 28.2. The Hall–Kier alpha value is -3.85. The van der Waals surface area contributed by atoms with E-state index in [1.54, 1.807) is 13.0 Å². The van der Waals surface area contributed by atoms with E-state index in [4.69, 9.17) is 4.74 Å². The fourth-order valence-corrected chi connectivity index (χ4v) is 4.24. The van der Waals surface area contributed by atoms with Crippen molar-refractivity contribution in [2.24, 2.45) is 0 Å². The van der Waals surface area contributed by atoms with E-state index < -0.39 is 4.92 Å². The molecule has 0 saturated heterocycles. The normalized spacial score (nSPS) is 10.8. The second-order valence-electron chi connectivity index (χ2n) is 7.16. The Labute approximate surface area is 194 Å². The third kappa shape index (κ3) is 5.32. The number of para-hydroxylation sites is 2. The first-order valence-electron chi connectivity index (χ1n) is 10.4. The van der Waals surface area contributed by atoms with Crippen LogP contribution in [0.4, 0.5) is 11.4 Å². The second kappa shape index (κ2) is 10.2. The third-order valence-corrected chi connectivity index (χ3v) is 5.86. The van der Waals surface area contributed by atoms with Crippen LogP contribution in [-0.2, 0) is 11.3 Å². The van der Waals surface area contributed by atoms with Gasteiger partial charge in [0.1, 0.15) is 11.4 Å². The zero-order valence-electron chi connectivity index (χ0n) is 17.9. The second-order valence-corrected chi connectivity index (χ2v) is 8.10. The van der Waals surface area contributed by atoms with Crippen molar-refractivity contribution in [3.63, 3.8) is 0 Å². The molecule has 1 aromatic heterocycles. The SMILES string of the molecule is CCOc1ccc(NC(=O)CSc2nc3ccccc3n2Cc2ccccc2)c([N+](=O)[O-])c1. The Morgan fingerprint density at radius 2 is 1.88 bits per heavy atom. The van der Waals surface area contributed by atoms with E-state index in [0.29, 0.717) is 24.1 Å². The topological polar surface area (TPSA) is 99.3 Å². The largest absolute Gasteiger partial charge is 0.494 e. The molecular formula is C24H22N4O4S. The molecular weight excluding hydrogens is 440 g/mol. The standard InChI is InChI=1S/C24H22N4O4S/c1-2-32-18-12-13-20(22(14-18)28(30)31)25-23(29)16-33-24-26-19-10-6-7-11-21(19)27(24)15-17-8-4-3-5-9-17/h3-14H,2,15-16H2,1H3,(H,25,29). The molecule has 9 heteroatoms. The number of nitro groups is 1. The fraction of sp³-hybridized carbons (Fsp3) is 0.167. The summed E-state index contributed by atoms with van der Waals surface area (Å²) in [6.07, 6.45) is 0. The molecule has 1 amide bonds. The predicted molar refractivity (Wildman–Crippen MR) is 129 cm³/mol. The Morgan fingerprint density at radius 1 is 1.12 bits per heavy atom. The van der Waals surface area contributed by atoms with Gasteiger partial charge in [-0.15, -0.1) is 0 Å². The molecule has 3 aromatic carbocycles. The molecule has 4 rings (SSSR count). The summed E-state index contributed by atoms with van der Waals surface area (Å²) in [6, 6.07) is 22.2. The number of benzene rings is 3. The number of rotatable bonds is 9. The number of thioether (sulfide) groups is 1. The first-order chi connectivity index (χ1) is 16.0. The van der Waals surface area contributed by atoms with Crippen molar-refractivity contribution in [3.05, 3.63) is 88.5 Å². The minimum absolute atomic E-state index is 0.0580. The number of nitrogens with zero attached hydrogens (tertiary/aromatic N) is 3. The number of carbonyl (C=O) groups excluding carboxylic acids is 1. The lowest BCUT2D eigenvalue weighted by molar-refractivity contribution is -0.384. The van der Waals surface area contributed by atoms with Gasteiger partial charge >= 0.3 is 0 Å². The molecule has 0 saturated carbocycles. The summed E-state index contributed by atoms with van der Waals surface area (Å²) < 4.78 is 7.39. The van der Waals surface area contributed by atoms with Crippen molar-refractivity contribution < 1.29 is 14.5 Å². The molecule has 1 heterocycles. The summed E-state index contributed by atoms with van der Waals surface area (Å²) >= 11 is 1.29.